The van der Waals surface area contributed by atoms with E-state index in [9.17, 15) is 0 Å². The molecule has 3 aromatic carbocycles. The highest BCUT2D eigenvalue weighted by Crippen LogP contribution is 2.15. The van der Waals surface area contributed by atoms with E-state index in [1.54, 1.807) is 0 Å². The molecule has 0 N–H and O–H groups in total. The Morgan fingerprint density at radius 1 is 0.640 bits per heavy atom. The first-order chi connectivity index (χ1) is 12.3. The van der Waals surface area contributed by atoms with Gasteiger partial charge in [-0.05, 0) is 48.2 Å². The van der Waals surface area contributed by atoms with Crippen LogP contribution in [0.5, 0.6) is 0 Å². The van der Waals surface area contributed by atoms with E-state index < -0.39 is 0 Å². The van der Waals surface area contributed by atoms with Gasteiger partial charge >= 0.3 is 0 Å². The molecule has 2 heteroatoms. The molecule has 0 bridgehead atoms. The number of aryl methyl sites for hydroxylation is 1. The molecule has 25 heavy (non-hydrogen) atoms. The van der Waals surface area contributed by atoms with Crippen LogP contribution in [0.1, 0.15) is 23.1 Å². The second-order valence-electron chi connectivity index (χ2n) is 6.42. The molecule has 0 saturated carbocycles. The van der Waals surface area contributed by atoms with E-state index in [0.29, 0.717) is 0 Å². The van der Waals surface area contributed by atoms with E-state index in [2.05, 4.69) is 77.7 Å². The minimum absolute atomic E-state index is 0.807. The quantitative estimate of drug-likeness (QED) is 0.484. The van der Waals surface area contributed by atoms with Crippen LogP contribution < -0.4 is 0 Å². The summed E-state index contributed by atoms with van der Waals surface area (Å²) >= 11 is 6.15. The minimum Gasteiger partial charge on any atom is -0.295 e. The highest BCUT2D eigenvalue weighted by atomic mass is 35.5. The zero-order chi connectivity index (χ0) is 17.3. The summed E-state index contributed by atoms with van der Waals surface area (Å²) in [6.07, 6.45) is 2.26. The molecule has 0 atom stereocenters. The van der Waals surface area contributed by atoms with E-state index in [0.717, 1.165) is 37.5 Å². The summed E-state index contributed by atoms with van der Waals surface area (Å²) in [5.41, 5.74) is 4.03. The van der Waals surface area contributed by atoms with Crippen molar-refractivity contribution in [2.75, 3.05) is 6.54 Å². The van der Waals surface area contributed by atoms with Crippen LogP contribution in [0, 0.1) is 0 Å². The lowest BCUT2D eigenvalue weighted by atomic mass is 10.1. The number of halogens is 1. The first-order valence-corrected chi connectivity index (χ1v) is 9.22. The van der Waals surface area contributed by atoms with E-state index in [4.69, 9.17) is 11.6 Å². The predicted octanol–water partition coefficient (Wildman–Crippen LogP) is 5.98. The van der Waals surface area contributed by atoms with Gasteiger partial charge in [0.05, 0.1) is 0 Å². The topological polar surface area (TPSA) is 3.24 Å². The Labute approximate surface area is 155 Å². The second-order valence-corrected chi connectivity index (χ2v) is 6.85. The number of benzene rings is 3. The van der Waals surface area contributed by atoms with Crippen LogP contribution in [0.3, 0.4) is 0 Å². The maximum absolute atomic E-state index is 6.15. The van der Waals surface area contributed by atoms with Crippen LogP contribution in [-0.2, 0) is 19.5 Å². The van der Waals surface area contributed by atoms with Gasteiger partial charge in [-0.3, -0.25) is 4.90 Å². The fourth-order valence-corrected chi connectivity index (χ4v) is 3.31. The van der Waals surface area contributed by atoms with E-state index >= 15 is 0 Å². The largest absolute Gasteiger partial charge is 0.295 e. The summed E-state index contributed by atoms with van der Waals surface area (Å²) in [7, 11) is 0. The third kappa shape index (κ3) is 6.04. The van der Waals surface area contributed by atoms with Crippen LogP contribution in [0.4, 0.5) is 0 Å². The number of nitrogens with zero attached hydrogens (tertiary/aromatic N) is 1. The fraction of sp³-hybridized carbons (Fsp3) is 0.217. The smallest absolute Gasteiger partial charge is 0.0409 e. The number of rotatable bonds is 8. The molecule has 0 fully saturated rings. The molecule has 1 nitrogen and oxygen atoms in total. The Balaban J connectivity index is 1.63. The molecule has 3 aromatic rings. The Morgan fingerprint density at radius 2 is 1.24 bits per heavy atom. The molecule has 0 unspecified atom stereocenters. The molecule has 0 aliphatic heterocycles. The van der Waals surface area contributed by atoms with Crippen molar-refractivity contribution < 1.29 is 0 Å². The Hall–Kier alpha value is -2.09. The molecule has 0 aliphatic carbocycles. The van der Waals surface area contributed by atoms with Crippen molar-refractivity contribution in [1.82, 2.24) is 4.90 Å². The highest BCUT2D eigenvalue weighted by Gasteiger charge is 2.08. The average molecular weight is 350 g/mol. The lowest BCUT2D eigenvalue weighted by Crippen LogP contribution is -2.24. The van der Waals surface area contributed by atoms with Gasteiger partial charge in [0.25, 0.3) is 0 Å². The third-order valence-corrected chi connectivity index (χ3v) is 4.56. The lowest BCUT2D eigenvalue weighted by molar-refractivity contribution is 0.253. The second kappa shape index (κ2) is 9.41. The molecule has 0 radical (unpaired) electrons. The maximum atomic E-state index is 6.15. The third-order valence-electron chi connectivity index (χ3n) is 4.33. The van der Waals surface area contributed by atoms with Crippen LogP contribution in [0.25, 0.3) is 0 Å². The van der Waals surface area contributed by atoms with Gasteiger partial charge in [0.15, 0.2) is 0 Å². The molecular formula is C23H24ClN. The van der Waals surface area contributed by atoms with Gasteiger partial charge in [-0.15, -0.1) is 0 Å². The first-order valence-electron chi connectivity index (χ1n) is 8.84. The normalized spacial score (nSPS) is 11.0. The van der Waals surface area contributed by atoms with Crippen LogP contribution in [0.15, 0.2) is 84.9 Å². The van der Waals surface area contributed by atoms with Crippen molar-refractivity contribution in [3.05, 3.63) is 107 Å². The monoisotopic (exact) mass is 349 g/mol. The lowest BCUT2D eigenvalue weighted by Gasteiger charge is -2.23. The highest BCUT2D eigenvalue weighted by molar-refractivity contribution is 6.30. The van der Waals surface area contributed by atoms with Crippen LogP contribution in [0.2, 0.25) is 5.02 Å². The maximum Gasteiger partial charge on any atom is 0.0409 e. The van der Waals surface area contributed by atoms with Gasteiger partial charge in [0.2, 0.25) is 0 Å². The molecule has 0 aromatic heterocycles. The SMILES string of the molecule is Clc1cccc(CN(CCCc2ccccc2)Cc2ccccc2)c1. The van der Waals surface area contributed by atoms with E-state index in [-0.39, 0.29) is 0 Å². The number of hydrogen-bond acceptors (Lipinski definition) is 1. The molecule has 0 amide bonds. The summed E-state index contributed by atoms with van der Waals surface area (Å²) in [6.45, 7) is 2.95. The Kier molecular flexibility index (Phi) is 6.67. The van der Waals surface area contributed by atoms with Crippen molar-refractivity contribution in [3.63, 3.8) is 0 Å². The van der Waals surface area contributed by atoms with Gasteiger partial charge in [-0.2, -0.15) is 0 Å². The van der Waals surface area contributed by atoms with Crippen molar-refractivity contribution in [3.8, 4) is 0 Å². The average Bonchev–Trinajstić information content (AvgIpc) is 2.63. The Morgan fingerprint density at radius 3 is 1.92 bits per heavy atom. The zero-order valence-corrected chi connectivity index (χ0v) is 15.2. The standard InChI is InChI=1S/C23H24ClN/c24-23-15-7-13-22(17-23)19-25(18-21-11-5-2-6-12-21)16-8-14-20-9-3-1-4-10-20/h1-7,9-13,15,17H,8,14,16,18-19H2. The summed E-state index contributed by atoms with van der Waals surface area (Å²) in [5, 5.41) is 0.807. The molecule has 0 heterocycles. The van der Waals surface area contributed by atoms with Crippen molar-refractivity contribution in [2.45, 2.75) is 25.9 Å². The molecule has 0 spiro atoms. The summed E-state index contributed by atoms with van der Waals surface area (Å²) in [4.78, 5) is 2.50. The van der Waals surface area contributed by atoms with Gasteiger partial charge in [0, 0.05) is 18.1 Å². The first kappa shape index (κ1) is 17.7. The summed E-state index contributed by atoms with van der Waals surface area (Å²) in [5.74, 6) is 0. The molecule has 0 saturated heterocycles. The summed E-state index contributed by atoms with van der Waals surface area (Å²) < 4.78 is 0. The van der Waals surface area contributed by atoms with Crippen LogP contribution in [-0.4, -0.2) is 11.4 Å². The van der Waals surface area contributed by atoms with Crippen molar-refractivity contribution >= 4 is 11.6 Å². The molecule has 3 rings (SSSR count). The van der Waals surface area contributed by atoms with Gasteiger partial charge < -0.3 is 0 Å². The van der Waals surface area contributed by atoms with Crippen molar-refractivity contribution in [1.29, 1.82) is 0 Å². The van der Waals surface area contributed by atoms with E-state index in [1.165, 1.54) is 16.7 Å². The van der Waals surface area contributed by atoms with Gasteiger partial charge in [-0.1, -0.05) is 84.4 Å². The number of hydrogen-bond donors (Lipinski definition) is 0. The van der Waals surface area contributed by atoms with Crippen LogP contribution >= 0.6 is 11.6 Å². The fourth-order valence-electron chi connectivity index (χ4n) is 3.10. The summed E-state index contributed by atoms with van der Waals surface area (Å²) in [6, 6.07) is 29.6. The molecule has 128 valence electrons. The van der Waals surface area contributed by atoms with Gasteiger partial charge in [0.1, 0.15) is 0 Å². The minimum atomic E-state index is 0.807. The molecule has 0 aliphatic rings. The Bertz CT molecular complexity index is 755. The zero-order valence-electron chi connectivity index (χ0n) is 14.4. The van der Waals surface area contributed by atoms with Crippen molar-refractivity contribution in [2.24, 2.45) is 0 Å². The predicted molar refractivity (Wildman–Crippen MR) is 107 cm³/mol. The molecular weight excluding hydrogens is 326 g/mol. The van der Waals surface area contributed by atoms with Gasteiger partial charge in [-0.25, -0.2) is 0 Å². The van der Waals surface area contributed by atoms with E-state index in [1.807, 2.05) is 12.1 Å².